The van der Waals surface area contributed by atoms with Crippen LogP contribution in [-0.4, -0.2) is 33.7 Å². The van der Waals surface area contributed by atoms with E-state index in [1.54, 1.807) is 18.2 Å². The molecule has 2 aromatic rings. The number of hydrogen-bond donors (Lipinski definition) is 0. The van der Waals surface area contributed by atoms with Crippen LogP contribution >= 0.6 is 11.3 Å². The van der Waals surface area contributed by atoms with Crippen LogP contribution in [0.25, 0.3) is 16.6 Å². The van der Waals surface area contributed by atoms with Gasteiger partial charge in [-0.2, -0.15) is 18.3 Å². The molecule has 2 aromatic heterocycles. The molecule has 0 spiro atoms. The Bertz CT molecular complexity index is 785. The Morgan fingerprint density at radius 2 is 1.96 bits per heavy atom. The summed E-state index contributed by atoms with van der Waals surface area (Å²) < 4.78 is 39.4. The second-order valence-electron chi connectivity index (χ2n) is 5.96. The van der Waals surface area contributed by atoms with Gasteiger partial charge in [0.05, 0.1) is 4.88 Å². The third kappa shape index (κ3) is 4.12. The van der Waals surface area contributed by atoms with Crippen molar-refractivity contribution in [2.24, 2.45) is 7.05 Å². The number of aromatic nitrogens is 2. The van der Waals surface area contributed by atoms with Gasteiger partial charge in [0.15, 0.2) is 0 Å². The predicted octanol–water partition coefficient (Wildman–Crippen LogP) is 4.19. The third-order valence-corrected chi connectivity index (χ3v) is 5.18. The number of halogens is 3. The highest BCUT2D eigenvalue weighted by Gasteiger charge is 2.35. The topological polar surface area (TPSA) is 38.1 Å². The lowest BCUT2D eigenvalue weighted by molar-refractivity contribution is -0.143. The van der Waals surface area contributed by atoms with Crippen LogP contribution in [-0.2, 0) is 18.0 Å². The Morgan fingerprint density at radius 3 is 2.60 bits per heavy atom. The number of aryl methyl sites for hydroxylation is 1. The number of carbonyl (C=O) groups is 1. The lowest BCUT2D eigenvalue weighted by atomic mass is 10.1. The first kappa shape index (κ1) is 17.7. The van der Waals surface area contributed by atoms with Gasteiger partial charge in [0.25, 0.3) is 0 Å². The summed E-state index contributed by atoms with van der Waals surface area (Å²) in [6.07, 6.45) is 2.03. The molecule has 134 valence electrons. The molecule has 1 aliphatic heterocycles. The van der Waals surface area contributed by atoms with E-state index in [1.807, 2.05) is 4.90 Å². The molecule has 1 fully saturated rings. The Kier molecular flexibility index (Phi) is 4.99. The maximum Gasteiger partial charge on any atom is 0.433 e. The zero-order valence-electron chi connectivity index (χ0n) is 13.7. The molecule has 1 saturated heterocycles. The highest BCUT2D eigenvalue weighted by Crippen LogP contribution is 2.34. The van der Waals surface area contributed by atoms with Crippen molar-refractivity contribution < 1.29 is 18.0 Å². The summed E-state index contributed by atoms with van der Waals surface area (Å²) in [5, 5.41) is 3.94. The quantitative estimate of drug-likeness (QED) is 0.761. The van der Waals surface area contributed by atoms with Gasteiger partial charge < -0.3 is 4.90 Å². The van der Waals surface area contributed by atoms with Gasteiger partial charge in [-0.1, -0.05) is 0 Å². The molecule has 0 unspecified atom stereocenters. The first-order chi connectivity index (χ1) is 11.8. The number of amides is 1. The first-order valence-corrected chi connectivity index (χ1v) is 8.85. The number of alkyl halides is 3. The maximum absolute atomic E-state index is 12.9. The third-order valence-electron chi connectivity index (χ3n) is 4.11. The van der Waals surface area contributed by atoms with Gasteiger partial charge in [0.1, 0.15) is 11.4 Å². The minimum absolute atomic E-state index is 0.0214. The number of thiophene rings is 1. The number of hydrogen-bond acceptors (Lipinski definition) is 3. The van der Waals surface area contributed by atoms with Crippen LogP contribution in [0.4, 0.5) is 13.2 Å². The van der Waals surface area contributed by atoms with Crippen LogP contribution < -0.4 is 0 Å². The highest BCUT2D eigenvalue weighted by molar-refractivity contribution is 7.16. The van der Waals surface area contributed by atoms with E-state index in [1.165, 1.54) is 24.5 Å². The number of likely N-dealkylation sites (tertiary alicyclic amines) is 1. The van der Waals surface area contributed by atoms with E-state index in [-0.39, 0.29) is 11.6 Å². The molecule has 0 atom stereocenters. The molecule has 4 nitrogen and oxygen atoms in total. The van der Waals surface area contributed by atoms with Gasteiger partial charge in [-0.15, -0.1) is 11.3 Å². The molecule has 3 heterocycles. The summed E-state index contributed by atoms with van der Waals surface area (Å²) in [6, 6.07) is 4.54. The summed E-state index contributed by atoms with van der Waals surface area (Å²) in [5.41, 5.74) is -0.505. The maximum atomic E-state index is 12.9. The van der Waals surface area contributed by atoms with E-state index < -0.39 is 11.9 Å². The first-order valence-electron chi connectivity index (χ1n) is 8.03. The molecular formula is C17H18F3N3OS. The highest BCUT2D eigenvalue weighted by atomic mass is 32.1. The number of piperidine rings is 1. The number of nitrogens with zero attached hydrogens (tertiary/aromatic N) is 3. The van der Waals surface area contributed by atoms with Gasteiger partial charge in [0, 0.05) is 31.1 Å². The lowest BCUT2D eigenvalue weighted by Gasteiger charge is -2.25. The number of carbonyl (C=O) groups excluding carboxylic acids is 1. The van der Waals surface area contributed by atoms with E-state index >= 15 is 0 Å². The summed E-state index contributed by atoms with van der Waals surface area (Å²) in [4.78, 5) is 15.4. The molecule has 8 heteroatoms. The second-order valence-corrected chi connectivity index (χ2v) is 7.07. The fourth-order valence-electron chi connectivity index (χ4n) is 2.81. The SMILES string of the molecule is Cn1nc(-c2ccc(C=CC(=O)N3CCCCC3)s2)cc1C(F)(F)F. The van der Waals surface area contributed by atoms with Crippen molar-refractivity contribution >= 4 is 23.3 Å². The Balaban J connectivity index is 1.72. The summed E-state index contributed by atoms with van der Waals surface area (Å²) >= 11 is 1.31. The standard InChI is InChI=1S/C17H18F3N3OS/c1-22-15(17(18,19)20)11-13(21-22)14-7-5-12(25-14)6-8-16(24)23-9-3-2-4-10-23/h5-8,11H,2-4,9-10H2,1H3. The zero-order chi connectivity index (χ0) is 18.0. The van der Waals surface area contributed by atoms with Crippen LogP contribution in [0.15, 0.2) is 24.3 Å². The normalized spacial score (nSPS) is 15.9. The molecule has 25 heavy (non-hydrogen) atoms. The predicted molar refractivity (Wildman–Crippen MR) is 91.0 cm³/mol. The fraction of sp³-hybridized carbons (Fsp3) is 0.412. The Hall–Kier alpha value is -2.09. The van der Waals surface area contributed by atoms with Crippen molar-refractivity contribution in [3.63, 3.8) is 0 Å². The van der Waals surface area contributed by atoms with Crippen molar-refractivity contribution in [1.82, 2.24) is 14.7 Å². The van der Waals surface area contributed by atoms with E-state index in [4.69, 9.17) is 0 Å². The number of rotatable bonds is 3. The summed E-state index contributed by atoms with van der Waals surface area (Å²) in [7, 11) is 1.28. The average Bonchev–Trinajstić information content (AvgIpc) is 3.19. The zero-order valence-corrected chi connectivity index (χ0v) is 14.5. The minimum atomic E-state index is -4.43. The van der Waals surface area contributed by atoms with Crippen LogP contribution in [0.1, 0.15) is 29.8 Å². The van der Waals surface area contributed by atoms with Gasteiger partial charge in [-0.25, -0.2) is 0 Å². The van der Waals surface area contributed by atoms with E-state index in [2.05, 4.69) is 5.10 Å². The van der Waals surface area contributed by atoms with Gasteiger partial charge >= 0.3 is 6.18 Å². The molecule has 0 N–H and O–H groups in total. The Labute approximate surface area is 147 Å². The van der Waals surface area contributed by atoms with Gasteiger partial charge in [0.2, 0.25) is 5.91 Å². The molecule has 0 bridgehead atoms. The van der Waals surface area contributed by atoms with Crippen LogP contribution in [0.5, 0.6) is 0 Å². The molecule has 0 aliphatic carbocycles. The van der Waals surface area contributed by atoms with Crippen LogP contribution in [0.3, 0.4) is 0 Å². The molecule has 1 amide bonds. The molecule has 0 aromatic carbocycles. The molecule has 0 radical (unpaired) electrons. The van der Waals surface area contributed by atoms with Crippen molar-refractivity contribution in [1.29, 1.82) is 0 Å². The van der Waals surface area contributed by atoms with Crippen molar-refractivity contribution in [3.8, 4) is 10.6 Å². The van der Waals surface area contributed by atoms with Gasteiger partial charge in [-0.05, 0) is 43.5 Å². The van der Waals surface area contributed by atoms with E-state index in [0.717, 1.165) is 48.0 Å². The van der Waals surface area contributed by atoms with Crippen LogP contribution in [0.2, 0.25) is 0 Å². The smallest absolute Gasteiger partial charge is 0.339 e. The van der Waals surface area contributed by atoms with Crippen molar-refractivity contribution in [3.05, 3.63) is 34.8 Å². The van der Waals surface area contributed by atoms with E-state index in [0.29, 0.717) is 4.88 Å². The lowest BCUT2D eigenvalue weighted by Crippen LogP contribution is -2.34. The molecule has 0 saturated carbocycles. The minimum Gasteiger partial charge on any atom is -0.339 e. The van der Waals surface area contributed by atoms with Crippen molar-refractivity contribution in [2.75, 3.05) is 13.1 Å². The van der Waals surface area contributed by atoms with E-state index in [9.17, 15) is 18.0 Å². The largest absolute Gasteiger partial charge is 0.433 e. The van der Waals surface area contributed by atoms with Crippen molar-refractivity contribution in [2.45, 2.75) is 25.4 Å². The molecular weight excluding hydrogens is 351 g/mol. The Morgan fingerprint density at radius 1 is 1.24 bits per heavy atom. The summed E-state index contributed by atoms with van der Waals surface area (Å²) in [5.74, 6) is -0.0214. The second kappa shape index (κ2) is 7.03. The monoisotopic (exact) mass is 369 g/mol. The summed E-state index contributed by atoms with van der Waals surface area (Å²) in [6.45, 7) is 1.57. The molecule has 3 rings (SSSR count). The molecule has 1 aliphatic rings. The fourth-order valence-corrected chi connectivity index (χ4v) is 3.67. The average molecular weight is 369 g/mol. The van der Waals surface area contributed by atoms with Gasteiger partial charge in [-0.3, -0.25) is 9.48 Å². The van der Waals surface area contributed by atoms with Crippen LogP contribution in [0, 0.1) is 0 Å².